The number of hydrogen-bond donors (Lipinski definition) is 2. The summed E-state index contributed by atoms with van der Waals surface area (Å²) in [5, 5.41) is 4.30. The van der Waals surface area contributed by atoms with Crippen molar-refractivity contribution in [1.82, 2.24) is 9.97 Å². The summed E-state index contributed by atoms with van der Waals surface area (Å²) in [6.45, 7) is 1.63. The van der Waals surface area contributed by atoms with Crippen LogP contribution in [0.1, 0.15) is 25.3 Å². The largest absolute Gasteiger partial charge is 0.354 e. The predicted octanol–water partition coefficient (Wildman–Crippen LogP) is 6.02. The van der Waals surface area contributed by atoms with Gasteiger partial charge in [0.1, 0.15) is 17.4 Å². The molecular weight excluding hydrogens is 365 g/mol. The van der Waals surface area contributed by atoms with Crippen LogP contribution >= 0.6 is 0 Å². The number of aromatic amines is 1. The molecule has 2 aromatic heterocycles. The molecule has 0 bridgehead atoms. The minimum absolute atomic E-state index is 0.223. The molecule has 2 heterocycles. The Hall–Kier alpha value is -3.47. The maximum absolute atomic E-state index is 13.5. The van der Waals surface area contributed by atoms with E-state index in [0.29, 0.717) is 6.42 Å². The number of rotatable bonds is 7. The van der Waals surface area contributed by atoms with Crippen LogP contribution in [-0.2, 0) is 11.2 Å². The van der Waals surface area contributed by atoms with E-state index in [-0.39, 0.29) is 11.6 Å². The van der Waals surface area contributed by atoms with Crippen LogP contribution in [0.15, 0.2) is 66.9 Å². The first-order chi connectivity index (χ1) is 14.1. The van der Waals surface area contributed by atoms with Crippen molar-refractivity contribution < 1.29 is 9.18 Å². The molecule has 4 nitrogen and oxygen atoms in total. The Morgan fingerprint density at radius 2 is 1.97 bits per heavy atom. The molecular formula is C24H22FN3O. The number of aromatic nitrogens is 2. The molecule has 0 aliphatic carbocycles. The van der Waals surface area contributed by atoms with Crippen LogP contribution in [0.2, 0.25) is 0 Å². The Bertz CT molecular complexity index is 1170. The smallest absolute Gasteiger partial charge is 0.132 e. The molecule has 0 radical (unpaired) electrons. The fourth-order valence-electron chi connectivity index (χ4n) is 3.40. The van der Waals surface area contributed by atoms with Crippen molar-refractivity contribution in [3.63, 3.8) is 0 Å². The predicted molar refractivity (Wildman–Crippen MR) is 115 cm³/mol. The molecule has 5 heteroatoms. The van der Waals surface area contributed by atoms with E-state index < -0.39 is 0 Å². The average molecular weight is 387 g/mol. The minimum atomic E-state index is -0.259. The van der Waals surface area contributed by atoms with Crippen LogP contribution in [0, 0.1) is 5.82 Å². The van der Waals surface area contributed by atoms with Crippen LogP contribution in [0.4, 0.5) is 15.9 Å². The second kappa shape index (κ2) is 8.27. The second-order valence-electron chi connectivity index (χ2n) is 7.23. The molecule has 0 saturated heterocycles. The van der Waals surface area contributed by atoms with Crippen molar-refractivity contribution in [2.75, 3.05) is 5.32 Å². The molecule has 4 rings (SSSR count). The lowest BCUT2D eigenvalue weighted by molar-refractivity contribution is -0.117. The number of halogens is 1. The highest BCUT2D eigenvalue weighted by Crippen LogP contribution is 2.26. The lowest BCUT2D eigenvalue weighted by atomic mass is 10.1. The molecule has 0 aliphatic heterocycles. The molecule has 0 fully saturated rings. The molecule has 0 atom stereocenters. The summed E-state index contributed by atoms with van der Waals surface area (Å²) in [6.07, 6.45) is 4.13. The standard InChI is InChI=1S/C24H22FN3O/c1-16(29)5-2-6-17-7-3-10-21(11-17)27-24-14-23-19(15-26-24)13-22(28-23)18-8-4-9-20(25)12-18/h3-4,7-15,28H,2,5-6H2,1H3,(H,26,27). The molecule has 0 saturated carbocycles. The summed E-state index contributed by atoms with van der Waals surface area (Å²) in [5.41, 5.74) is 4.72. The zero-order chi connectivity index (χ0) is 20.2. The fourth-order valence-corrected chi connectivity index (χ4v) is 3.40. The summed E-state index contributed by atoms with van der Waals surface area (Å²) in [5.74, 6) is 0.691. The van der Waals surface area contributed by atoms with E-state index in [1.807, 2.05) is 30.3 Å². The van der Waals surface area contributed by atoms with E-state index in [1.54, 1.807) is 19.2 Å². The molecule has 2 aromatic carbocycles. The van der Waals surface area contributed by atoms with E-state index in [4.69, 9.17) is 0 Å². The Morgan fingerprint density at radius 1 is 1.10 bits per heavy atom. The Kier molecular flexibility index (Phi) is 5.38. The minimum Gasteiger partial charge on any atom is -0.354 e. The van der Waals surface area contributed by atoms with Gasteiger partial charge in [-0.25, -0.2) is 9.37 Å². The lowest BCUT2D eigenvalue weighted by Gasteiger charge is -2.08. The summed E-state index contributed by atoms with van der Waals surface area (Å²) in [6, 6.07) is 18.6. The van der Waals surface area contributed by atoms with Crippen LogP contribution in [0.3, 0.4) is 0 Å². The van der Waals surface area contributed by atoms with Gasteiger partial charge in [0.25, 0.3) is 0 Å². The van der Waals surface area contributed by atoms with Crippen molar-refractivity contribution in [3.05, 3.63) is 78.2 Å². The van der Waals surface area contributed by atoms with Crippen molar-refractivity contribution >= 4 is 28.2 Å². The third-order valence-corrected chi connectivity index (χ3v) is 4.83. The van der Waals surface area contributed by atoms with Crippen LogP contribution in [0.25, 0.3) is 22.2 Å². The number of pyridine rings is 1. The number of fused-ring (bicyclic) bond motifs is 1. The maximum Gasteiger partial charge on any atom is 0.132 e. The molecule has 146 valence electrons. The van der Waals surface area contributed by atoms with E-state index >= 15 is 0 Å². The van der Waals surface area contributed by atoms with Gasteiger partial charge in [-0.2, -0.15) is 0 Å². The summed E-state index contributed by atoms with van der Waals surface area (Å²) >= 11 is 0. The maximum atomic E-state index is 13.5. The second-order valence-corrected chi connectivity index (χ2v) is 7.23. The number of aryl methyl sites for hydroxylation is 1. The van der Waals surface area contributed by atoms with Gasteiger partial charge < -0.3 is 15.1 Å². The Balaban J connectivity index is 1.52. The van der Waals surface area contributed by atoms with Crippen molar-refractivity contribution in [3.8, 4) is 11.3 Å². The van der Waals surface area contributed by atoms with Gasteiger partial charge in [-0.3, -0.25) is 0 Å². The number of benzene rings is 2. The number of Topliss-reactive ketones (excluding diaryl/α,β-unsaturated/α-hetero) is 1. The van der Waals surface area contributed by atoms with Gasteiger partial charge in [0.05, 0.1) is 5.52 Å². The first kappa shape index (κ1) is 18.9. The van der Waals surface area contributed by atoms with Gasteiger partial charge in [0.2, 0.25) is 0 Å². The molecule has 2 N–H and O–H groups in total. The molecule has 0 amide bonds. The van der Waals surface area contributed by atoms with Crippen LogP contribution in [-0.4, -0.2) is 15.8 Å². The topological polar surface area (TPSA) is 57.8 Å². The summed E-state index contributed by atoms with van der Waals surface area (Å²) in [7, 11) is 0. The molecule has 4 aromatic rings. The Morgan fingerprint density at radius 3 is 2.79 bits per heavy atom. The number of carbonyl (C=O) groups is 1. The highest BCUT2D eigenvalue weighted by Gasteiger charge is 2.07. The van der Waals surface area contributed by atoms with Crippen molar-refractivity contribution in [1.29, 1.82) is 0 Å². The molecule has 0 spiro atoms. The van der Waals surface area contributed by atoms with Gasteiger partial charge in [0, 0.05) is 41.0 Å². The Labute approximate surface area is 168 Å². The first-order valence-corrected chi connectivity index (χ1v) is 9.67. The van der Waals surface area contributed by atoms with Crippen LogP contribution in [0.5, 0.6) is 0 Å². The third-order valence-electron chi connectivity index (χ3n) is 4.83. The van der Waals surface area contributed by atoms with Gasteiger partial charge in [0.15, 0.2) is 0 Å². The van der Waals surface area contributed by atoms with Crippen molar-refractivity contribution in [2.24, 2.45) is 0 Å². The van der Waals surface area contributed by atoms with E-state index in [0.717, 1.165) is 46.5 Å². The quantitative estimate of drug-likeness (QED) is 0.407. The first-order valence-electron chi connectivity index (χ1n) is 9.67. The number of carbonyl (C=O) groups excluding carboxylic acids is 1. The number of nitrogens with one attached hydrogen (secondary N) is 2. The fraction of sp³-hybridized carbons (Fsp3) is 0.167. The van der Waals surface area contributed by atoms with Gasteiger partial charge in [-0.15, -0.1) is 0 Å². The number of hydrogen-bond acceptors (Lipinski definition) is 3. The number of nitrogens with zero attached hydrogens (tertiary/aromatic N) is 1. The van der Waals surface area contributed by atoms with Crippen LogP contribution < -0.4 is 5.32 Å². The normalized spacial score (nSPS) is 11.0. The van der Waals surface area contributed by atoms with E-state index in [9.17, 15) is 9.18 Å². The zero-order valence-corrected chi connectivity index (χ0v) is 16.2. The monoisotopic (exact) mass is 387 g/mol. The number of H-pyrrole nitrogens is 1. The van der Waals surface area contributed by atoms with Gasteiger partial charge >= 0.3 is 0 Å². The van der Waals surface area contributed by atoms with Crippen molar-refractivity contribution in [2.45, 2.75) is 26.2 Å². The molecule has 29 heavy (non-hydrogen) atoms. The highest BCUT2D eigenvalue weighted by molar-refractivity contribution is 5.87. The summed E-state index contributed by atoms with van der Waals surface area (Å²) < 4.78 is 13.5. The van der Waals surface area contributed by atoms with E-state index in [2.05, 4.69) is 27.4 Å². The number of ketones is 1. The lowest BCUT2D eigenvalue weighted by Crippen LogP contribution is -1.96. The van der Waals surface area contributed by atoms with Gasteiger partial charge in [-0.1, -0.05) is 24.3 Å². The third kappa shape index (κ3) is 4.69. The zero-order valence-electron chi connectivity index (χ0n) is 16.2. The number of anilines is 2. The molecule has 0 unspecified atom stereocenters. The average Bonchev–Trinajstić information content (AvgIpc) is 3.11. The highest BCUT2D eigenvalue weighted by atomic mass is 19.1. The SMILES string of the molecule is CC(=O)CCCc1cccc(Nc2cc3[nH]c(-c4cccc(F)c4)cc3cn2)c1. The summed E-state index contributed by atoms with van der Waals surface area (Å²) in [4.78, 5) is 18.9. The molecule has 0 aliphatic rings. The van der Waals surface area contributed by atoms with E-state index in [1.165, 1.54) is 17.7 Å². The van der Waals surface area contributed by atoms with Gasteiger partial charge in [-0.05, 0) is 55.7 Å².